The zero-order valence-corrected chi connectivity index (χ0v) is 19.3. The third-order valence-electron chi connectivity index (χ3n) is 5.41. The summed E-state index contributed by atoms with van der Waals surface area (Å²) < 4.78 is 5.51. The van der Waals surface area contributed by atoms with Gasteiger partial charge in [-0.05, 0) is 32.4 Å². The van der Waals surface area contributed by atoms with Crippen LogP contribution in [0.2, 0.25) is 0 Å². The van der Waals surface area contributed by atoms with E-state index in [9.17, 15) is 0 Å². The van der Waals surface area contributed by atoms with Crippen molar-refractivity contribution < 1.29 is 4.52 Å². The predicted octanol–water partition coefficient (Wildman–Crippen LogP) is 3.69. The second kappa shape index (κ2) is 11.8. The van der Waals surface area contributed by atoms with Gasteiger partial charge in [-0.2, -0.15) is 0 Å². The highest BCUT2D eigenvalue weighted by molar-refractivity contribution is 14.0. The Morgan fingerprint density at radius 1 is 1.35 bits per heavy atom. The molecule has 26 heavy (non-hydrogen) atoms. The molecule has 1 unspecified atom stereocenters. The largest absolute Gasteiger partial charge is 0.359 e. The van der Waals surface area contributed by atoms with Gasteiger partial charge >= 0.3 is 0 Å². The summed E-state index contributed by atoms with van der Waals surface area (Å²) in [6, 6.07) is 2.71. The Hall–Kier alpha value is -0.830. The average molecular weight is 477 g/mol. The van der Waals surface area contributed by atoms with Gasteiger partial charge in [0.2, 0.25) is 0 Å². The summed E-state index contributed by atoms with van der Waals surface area (Å²) >= 11 is 0. The van der Waals surface area contributed by atoms with Crippen LogP contribution in [0.5, 0.6) is 0 Å². The van der Waals surface area contributed by atoms with Crippen LogP contribution in [0.3, 0.4) is 0 Å². The van der Waals surface area contributed by atoms with Crippen LogP contribution in [-0.4, -0.2) is 60.2 Å². The summed E-state index contributed by atoms with van der Waals surface area (Å²) in [6.45, 7) is 13.8. The topological polar surface area (TPSA) is 56.9 Å². The number of aliphatic imine (C=N–C) groups is 1. The van der Waals surface area contributed by atoms with E-state index in [1.54, 1.807) is 0 Å². The maximum Gasteiger partial charge on any atom is 0.194 e. The Morgan fingerprint density at radius 3 is 2.62 bits per heavy atom. The minimum atomic E-state index is 0. The van der Waals surface area contributed by atoms with E-state index < -0.39 is 0 Å². The van der Waals surface area contributed by atoms with E-state index in [2.05, 4.69) is 59.0 Å². The summed E-state index contributed by atoms with van der Waals surface area (Å²) in [5.41, 5.74) is 1.07. The van der Waals surface area contributed by atoms with Gasteiger partial charge < -0.3 is 14.7 Å². The van der Waals surface area contributed by atoms with E-state index >= 15 is 0 Å². The molecule has 1 atom stereocenters. The number of likely N-dealkylation sites (N-methyl/N-ethyl adjacent to an activating group) is 1. The fraction of sp³-hybridized carbons (Fsp3) is 0.789. The number of rotatable bonds is 8. The molecule has 1 aliphatic rings. The lowest BCUT2D eigenvalue weighted by atomic mass is 9.99. The number of guanidine groups is 1. The van der Waals surface area contributed by atoms with Crippen molar-refractivity contribution in [1.29, 1.82) is 0 Å². The molecular weight excluding hydrogens is 441 g/mol. The van der Waals surface area contributed by atoms with Gasteiger partial charge in [-0.25, -0.2) is 0 Å². The molecule has 1 saturated heterocycles. The first-order valence-electron chi connectivity index (χ1n) is 9.81. The minimum Gasteiger partial charge on any atom is -0.359 e. The number of hydrogen-bond acceptors (Lipinski definition) is 4. The van der Waals surface area contributed by atoms with Crippen LogP contribution < -0.4 is 5.32 Å². The van der Waals surface area contributed by atoms with Crippen molar-refractivity contribution >= 4 is 29.9 Å². The predicted molar refractivity (Wildman–Crippen MR) is 118 cm³/mol. The molecule has 6 nitrogen and oxygen atoms in total. The van der Waals surface area contributed by atoms with Gasteiger partial charge in [0.15, 0.2) is 11.7 Å². The van der Waals surface area contributed by atoms with Crippen molar-refractivity contribution in [1.82, 2.24) is 20.3 Å². The molecule has 150 valence electrons. The molecule has 2 heterocycles. The first kappa shape index (κ1) is 23.2. The van der Waals surface area contributed by atoms with Gasteiger partial charge in [-0.1, -0.05) is 32.9 Å². The summed E-state index contributed by atoms with van der Waals surface area (Å²) in [5.74, 6) is 2.32. The molecule has 1 N–H and O–H groups in total. The molecule has 0 aromatic carbocycles. The van der Waals surface area contributed by atoms with Crippen LogP contribution in [0.15, 0.2) is 15.6 Å². The summed E-state index contributed by atoms with van der Waals surface area (Å²) in [7, 11) is 1.85. The molecular formula is C19H36IN5O. The van der Waals surface area contributed by atoms with E-state index in [0.717, 1.165) is 56.4 Å². The SMILES string of the molecule is CCC(CC)c1cc(CNC(=NC)N2CCC(N(CC)CC)C2)on1.I. The molecule has 0 saturated carbocycles. The molecule has 7 heteroatoms. The summed E-state index contributed by atoms with van der Waals surface area (Å²) in [5, 5.41) is 7.68. The number of nitrogens with zero attached hydrogens (tertiary/aromatic N) is 4. The molecule has 0 bridgehead atoms. The molecule has 0 aliphatic carbocycles. The maximum atomic E-state index is 5.51. The van der Waals surface area contributed by atoms with Gasteiger partial charge in [0.25, 0.3) is 0 Å². The first-order chi connectivity index (χ1) is 12.2. The van der Waals surface area contributed by atoms with Crippen LogP contribution in [0.25, 0.3) is 0 Å². The van der Waals surface area contributed by atoms with Crippen molar-refractivity contribution in [2.24, 2.45) is 4.99 Å². The Labute approximate surface area is 175 Å². The lowest BCUT2D eigenvalue weighted by Crippen LogP contribution is -2.43. The van der Waals surface area contributed by atoms with Gasteiger partial charge in [-0.3, -0.25) is 9.89 Å². The summed E-state index contributed by atoms with van der Waals surface area (Å²) in [6.07, 6.45) is 3.39. The Balaban J connectivity index is 0.00000338. The van der Waals surface area contributed by atoms with Crippen molar-refractivity contribution in [3.63, 3.8) is 0 Å². The van der Waals surface area contributed by atoms with E-state index in [-0.39, 0.29) is 24.0 Å². The van der Waals surface area contributed by atoms with E-state index in [4.69, 9.17) is 4.52 Å². The van der Waals surface area contributed by atoms with Crippen molar-refractivity contribution in [2.75, 3.05) is 33.2 Å². The third-order valence-corrected chi connectivity index (χ3v) is 5.41. The van der Waals surface area contributed by atoms with Gasteiger partial charge in [0.05, 0.1) is 12.2 Å². The third kappa shape index (κ3) is 5.84. The molecule has 1 aromatic rings. The Kier molecular flexibility index (Phi) is 10.5. The number of hydrogen-bond donors (Lipinski definition) is 1. The highest BCUT2D eigenvalue weighted by Crippen LogP contribution is 2.22. The van der Waals surface area contributed by atoms with Gasteiger partial charge in [0, 0.05) is 38.2 Å². The van der Waals surface area contributed by atoms with Gasteiger partial charge in [0.1, 0.15) is 0 Å². The first-order valence-corrected chi connectivity index (χ1v) is 9.81. The molecule has 1 aliphatic heterocycles. The number of likely N-dealkylation sites (tertiary alicyclic amines) is 1. The fourth-order valence-electron chi connectivity index (χ4n) is 3.78. The standard InChI is InChI=1S/C19H35N5O.HI/c1-6-15(7-2)18-12-17(25-22-18)13-21-19(20-5)24-11-10-16(14-24)23(8-3)9-4;/h12,15-16H,6-11,13-14H2,1-5H3,(H,20,21);1H. The second-order valence-electron chi connectivity index (χ2n) is 6.74. The van der Waals surface area contributed by atoms with Crippen LogP contribution in [0, 0.1) is 0 Å². The molecule has 0 spiro atoms. The second-order valence-corrected chi connectivity index (χ2v) is 6.74. The van der Waals surface area contributed by atoms with Crippen molar-refractivity contribution in [3.05, 3.63) is 17.5 Å². The van der Waals surface area contributed by atoms with E-state index in [1.807, 2.05) is 7.05 Å². The van der Waals surface area contributed by atoms with Crippen molar-refractivity contribution in [2.45, 2.75) is 65.5 Å². The smallest absolute Gasteiger partial charge is 0.194 e. The maximum absolute atomic E-state index is 5.51. The molecule has 1 fully saturated rings. The molecule has 0 radical (unpaired) electrons. The van der Waals surface area contributed by atoms with Gasteiger partial charge in [-0.15, -0.1) is 24.0 Å². The van der Waals surface area contributed by atoms with Crippen LogP contribution in [0.1, 0.15) is 64.3 Å². The lowest BCUT2D eigenvalue weighted by Gasteiger charge is -2.27. The van der Waals surface area contributed by atoms with Crippen molar-refractivity contribution in [3.8, 4) is 0 Å². The monoisotopic (exact) mass is 477 g/mol. The summed E-state index contributed by atoms with van der Waals surface area (Å²) in [4.78, 5) is 9.34. The minimum absolute atomic E-state index is 0. The highest BCUT2D eigenvalue weighted by atomic mass is 127. The fourth-order valence-corrected chi connectivity index (χ4v) is 3.78. The number of aromatic nitrogens is 1. The Morgan fingerprint density at radius 2 is 2.04 bits per heavy atom. The van der Waals surface area contributed by atoms with Crippen LogP contribution in [0.4, 0.5) is 0 Å². The number of halogens is 1. The lowest BCUT2D eigenvalue weighted by molar-refractivity contribution is 0.223. The quantitative estimate of drug-likeness (QED) is 0.352. The molecule has 0 amide bonds. The molecule has 1 aromatic heterocycles. The average Bonchev–Trinajstić information content (AvgIpc) is 3.28. The van der Waals surface area contributed by atoms with Crippen LogP contribution >= 0.6 is 24.0 Å². The highest BCUT2D eigenvalue weighted by Gasteiger charge is 2.28. The van der Waals surface area contributed by atoms with E-state index in [1.165, 1.54) is 6.42 Å². The zero-order chi connectivity index (χ0) is 18.2. The molecule has 2 rings (SSSR count). The zero-order valence-electron chi connectivity index (χ0n) is 17.0. The normalized spacial score (nSPS) is 17.9. The van der Waals surface area contributed by atoms with Crippen LogP contribution in [-0.2, 0) is 6.54 Å². The number of nitrogens with one attached hydrogen (secondary N) is 1. The Bertz CT molecular complexity index is 540. The van der Waals surface area contributed by atoms with E-state index in [0.29, 0.717) is 18.5 Å².